The molecule has 30 heavy (non-hydrogen) atoms. The van der Waals surface area contributed by atoms with Crippen LogP contribution in [-0.2, 0) is 6.61 Å². The van der Waals surface area contributed by atoms with Gasteiger partial charge in [-0.25, -0.2) is 0 Å². The van der Waals surface area contributed by atoms with E-state index in [1.807, 2.05) is 81.4 Å². The van der Waals surface area contributed by atoms with E-state index in [0.29, 0.717) is 29.5 Å². The topological polar surface area (TPSA) is 47.6 Å². The first-order valence-electron chi connectivity index (χ1n) is 9.97. The third-order valence-corrected chi connectivity index (χ3v) is 5.01. The number of aryl methyl sites for hydroxylation is 1. The van der Waals surface area contributed by atoms with Crippen LogP contribution < -0.4 is 14.8 Å². The summed E-state index contributed by atoms with van der Waals surface area (Å²) < 4.78 is 11.6. The lowest BCUT2D eigenvalue weighted by Crippen LogP contribution is -2.26. The normalized spacial score (nSPS) is 11.6. The summed E-state index contributed by atoms with van der Waals surface area (Å²) >= 11 is 5.95. The SMILES string of the molecule is CCOc1ccc(C(=O)N[C@@H](C)c2ccc(Cl)cc2)cc1COc1ccc(C)cc1. The first-order valence-corrected chi connectivity index (χ1v) is 10.4. The fraction of sp³-hybridized carbons (Fsp3) is 0.240. The third kappa shape index (κ3) is 5.77. The molecular formula is C25H26ClNO3. The number of rotatable bonds is 8. The van der Waals surface area contributed by atoms with Gasteiger partial charge in [0.25, 0.3) is 5.91 Å². The molecule has 0 saturated heterocycles. The number of halogens is 1. The predicted octanol–water partition coefficient (Wildman–Crippen LogP) is 6.12. The number of ether oxygens (including phenoxy) is 2. The molecule has 3 rings (SSSR count). The average molecular weight is 424 g/mol. The van der Waals surface area contributed by atoms with Crippen molar-refractivity contribution in [1.82, 2.24) is 5.32 Å². The summed E-state index contributed by atoms with van der Waals surface area (Å²) in [6.07, 6.45) is 0. The first-order chi connectivity index (χ1) is 14.5. The highest BCUT2D eigenvalue weighted by atomic mass is 35.5. The summed E-state index contributed by atoms with van der Waals surface area (Å²) in [7, 11) is 0. The Bertz CT molecular complexity index is 984. The van der Waals surface area contributed by atoms with Crippen LogP contribution in [0.5, 0.6) is 11.5 Å². The highest BCUT2D eigenvalue weighted by molar-refractivity contribution is 6.30. The lowest BCUT2D eigenvalue weighted by Gasteiger charge is -2.16. The van der Waals surface area contributed by atoms with Gasteiger partial charge in [-0.1, -0.05) is 41.4 Å². The smallest absolute Gasteiger partial charge is 0.251 e. The second-order valence-electron chi connectivity index (χ2n) is 7.10. The number of benzene rings is 3. The molecule has 0 radical (unpaired) electrons. The minimum atomic E-state index is -0.155. The minimum absolute atomic E-state index is 0.145. The monoisotopic (exact) mass is 423 g/mol. The van der Waals surface area contributed by atoms with Gasteiger partial charge in [0, 0.05) is 16.1 Å². The van der Waals surface area contributed by atoms with E-state index >= 15 is 0 Å². The fourth-order valence-electron chi connectivity index (χ4n) is 3.04. The van der Waals surface area contributed by atoms with Crippen LogP contribution in [0.4, 0.5) is 0 Å². The van der Waals surface area contributed by atoms with Crippen molar-refractivity contribution in [2.24, 2.45) is 0 Å². The van der Waals surface area contributed by atoms with Crippen molar-refractivity contribution in [1.29, 1.82) is 0 Å². The zero-order valence-electron chi connectivity index (χ0n) is 17.4. The van der Waals surface area contributed by atoms with Crippen molar-refractivity contribution in [2.75, 3.05) is 6.61 Å². The van der Waals surface area contributed by atoms with E-state index in [1.54, 1.807) is 6.07 Å². The Labute approximate surface area is 182 Å². The van der Waals surface area contributed by atoms with Crippen LogP contribution >= 0.6 is 11.6 Å². The van der Waals surface area contributed by atoms with E-state index in [9.17, 15) is 4.79 Å². The van der Waals surface area contributed by atoms with Gasteiger partial charge in [-0.05, 0) is 68.8 Å². The molecule has 0 bridgehead atoms. The fourth-order valence-corrected chi connectivity index (χ4v) is 3.17. The van der Waals surface area contributed by atoms with Gasteiger partial charge in [0.15, 0.2) is 0 Å². The lowest BCUT2D eigenvalue weighted by molar-refractivity contribution is 0.0939. The highest BCUT2D eigenvalue weighted by Gasteiger charge is 2.14. The molecule has 0 aromatic heterocycles. The van der Waals surface area contributed by atoms with Crippen molar-refractivity contribution < 1.29 is 14.3 Å². The highest BCUT2D eigenvalue weighted by Crippen LogP contribution is 2.24. The Morgan fingerprint density at radius 2 is 1.70 bits per heavy atom. The summed E-state index contributed by atoms with van der Waals surface area (Å²) in [6, 6.07) is 20.6. The Balaban J connectivity index is 1.73. The van der Waals surface area contributed by atoms with E-state index < -0.39 is 0 Å². The quantitative estimate of drug-likeness (QED) is 0.475. The van der Waals surface area contributed by atoms with Gasteiger partial charge >= 0.3 is 0 Å². The number of carbonyl (C=O) groups is 1. The lowest BCUT2D eigenvalue weighted by atomic mass is 10.1. The van der Waals surface area contributed by atoms with Crippen LogP contribution in [0.3, 0.4) is 0 Å². The summed E-state index contributed by atoms with van der Waals surface area (Å²) in [5.41, 5.74) is 3.54. The molecule has 5 heteroatoms. The molecule has 0 saturated carbocycles. The maximum Gasteiger partial charge on any atom is 0.251 e. The number of nitrogens with one attached hydrogen (secondary N) is 1. The predicted molar refractivity (Wildman–Crippen MR) is 120 cm³/mol. The molecule has 1 N–H and O–H groups in total. The number of amides is 1. The zero-order valence-corrected chi connectivity index (χ0v) is 18.2. The Morgan fingerprint density at radius 3 is 2.37 bits per heavy atom. The molecule has 0 heterocycles. The van der Waals surface area contributed by atoms with Gasteiger partial charge in [0.1, 0.15) is 18.1 Å². The summed E-state index contributed by atoms with van der Waals surface area (Å²) in [5.74, 6) is 1.33. The number of hydrogen-bond donors (Lipinski definition) is 1. The molecule has 0 spiro atoms. The molecule has 0 aliphatic rings. The molecule has 0 unspecified atom stereocenters. The molecular weight excluding hydrogens is 398 g/mol. The Kier molecular flexibility index (Phi) is 7.36. The number of hydrogen-bond acceptors (Lipinski definition) is 3. The van der Waals surface area contributed by atoms with Gasteiger partial charge in [-0.3, -0.25) is 4.79 Å². The van der Waals surface area contributed by atoms with Crippen molar-refractivity contribution >= 4 is 17.5 Å². The van der Waals surface area contributed by atoms with Gasteiger partial charge < -0.3 is 14.8 Å². The van der Waals surface area contributed by atoms with E-state index in [1.165, 1.54) is 5.56 Å². The zero-order chi connectivity index (χ0) is 21.5. The standard InChI is InChI=1S/C25H26ClNO3/c1-4-29-24-14-9-20(15-21(24)16-30-23-12-5-17(2)6-13-23)25(28)27-18(3)19-7-10-22(26)11-8-19/h5-15,18H,4,16H2,1-3H3,(H,27,28)/t18-/m0/s1. The Hall–Kier alpha value is -2.98. The maximum absolute atomic E-state index is 12.8. The van der Waals surface area contributed by atoms with E-state index in [0.717, 1.165) is 16.9 Å². The van der Waals surface area contributed by atoms with Gasteiger partial charge in [0.05, 0.1) is 12.6 Å². The maximum atomic E-state index is 12.8. The minimum Gasteiger partial charge on any atom is -0.493 e. The van der Waals surface area contributed by atoms with Crippen LogP contribution in [0.25, 0.3) is 0 Å². The molecule has 156 valence electrons. The van der Waals surface area contributed by atoms with Crippen molar-refractivity contribution in [2.45, 2.75) is 33.4 Å². The molecule has 0 fully saturated rings. The summed E-state index contributed by atoms with van der Waals surface area (Å²) in [4.78, 5) is 12.8. The average Bonchev–Trinajstić information content (AvgIpc) is 2.74. The molecule has 4 nitrogen and oxygen atoms in total. The molecule has 3 aromatic carbocycles. The number of carbonyl (C=O) groups excluding carboxylic acids is 1. The molecule has 0 aliphatic carbocycles. The molecule has 0 aliphatic heterocycles. The van der Waals surface area contributed by atoms with Crippen LogP contribution in [0.1, 0.15) is 46.9 Å². The van der Waals surface area contributed by atoms with Crippen molar-refractivity contribution in [3.63, 3.8) is 0 Å². The van der Waals surface area contributed by atoms with Crippen LogP contribution in [-0.4, -0.2) is 12.5 Å². The van der Waals surface area contributed by atoms with Gasteiger partial charge in [-0.15, -0.1) is 0 Å². The van der Waals surface area contributed by atoms with Crippen LogP contribution in [0.15, 0.2) is 66.7 Å². The van der Waals surface area contributed by atoms with E-state index in [-0.39, 0.29) is 11.9 Å². The largest absolute Gasteiger partial charge is 0.493 e. The second kappa shape index (κ2) is 10.2. The third-order valence-electron chi connectivity index (χ3n) is 4.76. The van der Waals surface area contributed by atoms with Crippen molar-refractivity contribution in [3.8, 4) is 11.5 Å². The van der Waals surface area contributed by atoms with E-state index in [2.05, 4.69) is 5.32 Å². The molecule has 1 atom stereocenters. The summed E-state index contributed by atoms with van der Waals surface area (Å²) in [5, 5.41) is 3.70. The first kappa shape index (κ1) is 21.7. The van der Waals surface area contributed by atoms with E-state index in [4.69, 9.17) is 21.1 Å². The second-order valence-corrected chi connectivity index (χ2v) is 7.54. The Morgan fingerprint density at radius 1 is 1.00 bits per heavy atom. The van der Waals surface area contributed by atoms with Crippen LogP contribution in [0.2, 0.25) is 5.02 Å². The van der Waals surface area contributed by atoms with Gasteiger partial charge in [-0.2, -0.15) is 0 Å². The van der Waals surface area contributed by atoms with Crippen molar-refractivity contribution in [3.05, 3.63) is 94.0 Å². The van der Waals surface area contributed by atoms with Gasteiger partial charge in [0.2, 0.25) is 0 Å². The molecule has 3 aromatic rings. The molecule has 1 amide bonds. The van der Waals surface area contributed by atoms with Crippen LogP contribution in [0, 0.1) is 6.92 Å². The summed E-state index contributed by atoms with van der Waals surface area (Å²) in [6.45, 7) is 6.75.